The summed E-state index contributed by atoms with van der Waals surface area (Å²) in [4.78, 5) is 14.7. The van der Waals surface area contributed by atoms with Gasteiger partial charge in [0.15, 0.2) is 0 Å². The Morgan fingerprint density at radius 3 is 2.27 bits per heavy atom. The normalized spacial score (nSPS) is 17.5. The number of para-hydroxylation sites is 3. The van der Waals surface area contributed by atoms with E-state index in [2.05, 4.69) is 45.6 Å². The fourth-order valence-corrected chi connectivity index (χ4v) is 3.13. The average molecular weight is 294 g/mol. The summed E-state index contributed by atoms with van der Waals surface area (Å²) in [5.74, 6) is 0. The van der Waals surface area contributed by atoms with Crippen LogP contribution in [0.1, 0.15) is 0 Å². The van der Waals surface area contributed by atoms with Gasteiger partial charge in [-0.25, -0.2) is 9.80 Å². The van der Waals surface area contributed by atoms with E-state index in [0.29, 0.717) is 6.54 Å². The lowest BCUT2D eigenvalue weighted by molar-refractivity contribution is 0.208. The summed E-state index contributed by atoms with van der Waals surface area (Å²) in [6, 6.07) is 18.3. The molecule has 2 heterocycles. The predicted molar refractivity (Wildman–Crippen MR) is 88.2 cm³/mol. The Bertz CT molecular complexity index is 688. The van der Waals surface area contributed by atoms with Crippen LogP contribution >= 0.6 is 0 Å². The molecule has 5 heteroatoms. The fourth-order valence-electron chi connectivity index (χ4n) is 3.13. The van der Waals surface area contributed by atoms with Crippen LogP contribution in [-0.4, -0.2) is 37.2 Å². The highest BCUT2D eigenvalue weighted by molar-refractivity contribution is 5.97. The Labute approximate surface area is 129 Å². The molecule has 5 nitrogen and oxygen atoms in total. The Balaban J connectivity index is 1.63. The maximum atomic E-state index is 12.3. The summed E-state index contributed by atoms with van der Waals surface area (Å²) in [7, 11) is 0. The number of rotatable bonds is 1. The van der Waals surface area contributed by atoms with Crippen LogP contribution < -0.4 is 15.2 Å². The van der Waals surface area contributed by atoms with Crippen molar-refractivity contribution in [2.75, 3.05) is 41.4 Å². The summed E-state index contributed by atoms with van der Waals surface area (Å²) in [5, 5.41) is 6.87. The molecule has 22 heavy (non-hydrogen) atoms. The van der Waals surface area contributed by atoms with Gasteiger partial charge in [-0.1, -0.05) is 30.3 Å². The van der Waals surface area contributed by atoms with Gasteiger partial charge < -0.3 is 10.2 Å². The molecule has 112 valence electrons. The second-order valence-corrected chi connectivity index (χ2v) is 5.52. The molecule has 4 rings (SSSR count). The number of nitrogens with one attached hydrogen (secondary N) is 1. The molecule has 2 aliphatic heterocycles. The molecule has 1 saturated heterocycles. The van der Waals surface area contributed by atoms with E-state index < -0.39 is 0 Å². The molecule has 2 aliphatic rings. The number of nitrogens with zero attached hydrogens (tertiary/aromatic N) is 3. The highest BCUT2D eigenvalue weighted by Gasteiger charge is 2.31. The van der Waals surface area contributed by atoms with Crippen molar-refractivity contribution >= 4 is 23.1 Å². The highest BCUT2D eigenvalue weighted by atomic mass is 16.2. The van der Waals surface area contributed by atoms with E-state index in [1.807, 2.05) is 29.3 Å². The van der Waals surface area contributed by atoms with E-state index in [9.17, 15) is 4.79 Å². The van der Waals surface area contributed by atoms with Crippen molar-refractivity contribution in [3.63, 3.8) is 0 Å². The fraction of sp³-hybridized carbons (Fsp3) is 0.235. The van der Waals surface area contributed by atoms with Gasteiger partial charge in [0.1, 0.15) is 0 Å². The van der Waals surface area contributed by atoms with Gasteiger partial charge in [0.25, 0.3) is 0 Å². The first-order valence-corrected chi connectivity index (χ1v) is 7.58. The van der Waals surface area contributed by atoms with Gasteiger partial charge in [0, 0.05) is 18.8 Å². The summed E-state index contributed by atoms with van der Waals surface area (Å²) in [5.41, 5.74) is 3.16. The van der Waals surface area contributed by atoms with Gasteiger partial charge in [-0.05, 0) is 24.3 Å². The molecule has 0 spiro atoms. The average Bonchev–Trinajstić information content (AvgIpc) is 2.79. The van der Waals surface area contributed by atoms with Crippen LogP contribution in [-0.2, 0) is 0 Å². The van der Waals surface area contributed by atoms with Crippen molar-refractivity contribution in [3.05, 3.63) is 54.6 Å². The standard InChI is InChI=1S/C17H18N4O/c22-17-18-15-8-4-5-9-16(15)20-12-10-19(11-13-21(17)20)14-6-2-1-3-7-14/h1-9H,10-13H2,(H,18,22). The highest BCUT2D eigenvalue weighted by Crippen LogP contribution is 2.32. The van der Waals surface area contributed by atoms with E-state index >= 15 is 0 Å². The molecule has 0 atom stereocenters. The molecular formula is C17H18N4O. The first kappa shape index (κ1) is 13.0. The van der Waals surface area contributed by atoms with Crippen molar-refractivity contribution in [2.24, 2.45) is 0 Å². The molecule has 1 N–H and O–H groups in total. The Morgan fingerprint density at radius 2 is 1.45 bits per heavy atom. The second-order valence-electron chi connectivity index (χ2n) is 5.52. The molecule has 0 radical (unpaired) electrons. The number of fused-ring (bicyclic) bond motifs is 3. The molecule has 0 aliphatic carbocycles. The number of hydrogen-bond acceptors (Lipinski definition) is 3. The molecule has 0 unspecified atom stereocenters. The maximum absolute atomic E-state index is 12.3. The second kappa shape index (κ2) is 5.26. The first-order valence-electron chi connectivity index (χ1n) is 7.58. The molecule has 2 aromatic rings. The topological polar surface area (TPSA) is 38.8 Å². The first-order chi connectivity index (χ1) is 10.8. The molecule has 2 amide bonds. The number of anilines is 3. The van der Waals surface area contributed by atoms with Gasteiger partial charge >= 0.3 is 6.03 Å². The van der Waals surface area contributed by atoms with Crippen LogP contribution in [0.2, 0.25) is 0 Å². The summed E-state index contributed by atoms with van der Waals surface area (Å²) in [6.07, 6.45) is 0. The minimum atomic E-state index is -0.0476. The lowest BCUT2D eigenvalue weighted by Gasteiger charge is -2.39. The zero-order valence-electron chi connectivity index (χ0n) is 12.3. The van der Waals surface area contributed by atoms with Crippen LogP contribution in [0.15, 0.2) is 54.6 Å². The minimum Gasteiger partial charge on any atom is -0.368 e. The van der Waals surface area contributed by atoms with E-state index in [1.54, 1.807) is 0 Å². The van der Waals surface area contributed by atoms with Crippen LogP contribution in [0, 0.1) is 0 Å². The van der Waals surface area contributed by atoms with Gasteiger partial charge in [0.2, 0.25) is 0 Å². The number of carbonyl (C=O) groups is 1. The number of carbonyl (C=O) groups excluding carboxylic acids is 1. The van der Waals surface area contributed by atoms with Gasteiger partial charge in [-0.2, -0.15) is 0 Å². The molecule has 0 bridgehead atoms. The molecule has 0 aromatic heterocycles. The third kappa shape index (κ3) is 2.15. The van der Waals surface area contributed by atoms with Gasteiger partial charge in [-0.3, -0.25) is 5.01 Å². The van der Waals surface area contributed by atoms with Crippen molar-refractivity contribution in [3.8, 4) is 0 Å². The van der Waals surface area contributed by atoms with Crippen molar-refractivity contribution < 1.29 is 4.79 Å². The van der Waals surface area contributed by atoms with Crippen LogP contribution in [0.3, 0.4) is 0 Å². The van der Waals surface area contributed by atoms with E-state index in [-0.39, 0.29) is 6.03 Å². The zero-order chi connectivity index (χ0) is 14.9. The van der Waals surface area contributed by atoms with E-state index in [1.165, 1.54) is 5.69 Å². The number of hydrogen-bond donors (Lipinski definition) is 1. The van der Waals surface area contributed by atoms with E-state index in [0.717, 1.165) is 31.0 Å². The minimum absolute atomic E-state index is 0.0476. The third-order valence-corrected chi connectivity index (χ3v) is 4.23. The number of hydrazine groups is 1. The van der Waals surface area contributed by atoms with Crippen molar-refractivity contribution in [1.29, 1.82) is 0 Å². The molecule has 1 fully saturated rings. The number of amides is 2. The molecule has 0 saturated carbocycles. The largest absolute Gasteiger partial charge is 0.368 e. The monoisotopic (exact) mass is 294 g/mol. The number of benzene rings is 2. The quantitative estimate of drug-likeness (QED) is 0.879. The van der Waals surface area contributed by atoms with Gasteiger partial charge in [-0.15, -0.1) is 0 Å². The van der Waals surface area contributed by atoms with Crippen molar-refractivity contribution in [2.45, 2.75) is 0 Å². The Morgan fingerprint density at radius 1 is 0.773 bits per heavy atom. The summed E-state index contributed by atoms with van der Waals surface area (Å²) >= 11 is 0. The van der Waals surface area contributed by atoms with Crippen molar-refractivity contribution in [1.82, 2.24) is 5.01 Å². The van der Waals surface area contributed by atoms with Crippen LogP contribution in [0.4, 0.5) is 21.9 Å². The maximum Gasteiger partial charge on any atom is 0.340 e. The molecule has 2 aromatic carbocycles. The predicted octanol–water partition coefficient (Wildman–Crippen LogP) is 2.78. The van der Waals surface area contributed by atoms with E-state index in [4.69, 9.17) is 0 Å². The summed E-state index contributed by atoms with van der Waals surface area (Å²) in [6.45, 7) is 3.19. The zero-order valence-corrected chi connectivity index (χ0v) is 12.3. The lowest BCUT2D eigenvalue weighted by atomic mass is 10.2. The number of urea groups is 1. The Hall–Kier alpha value is -2.69. The van der Waals surface area contributed by atoms with Gasteiger partial charge in [0.05, 0.1) is 24.5 Å². The SMILES string of the molecule is O=C1Nc2ccccc2N2CCN(c3ccccc3)CCN12. The Kier molecular flexibility index (Phi) is 3.11. The summed E-state index contributed by atoms with van der Waals surface area (Å²) < 4.78 is 0. The smallest absolute Gasteiger partial charge is 0.340 e. The third-order valence-electron chi connectivity index (χ3n) is 4.23. The van der Waals surface area contributed by atoms with Crippen LogP contribution in [0.25, 0.3) is 0 Å². The molecular weight excluding hydrogens is 276 g/mol. The van der Waals surface area contributed by atoms with Crippen LogP contribution in [0.5, 0.6) is 0 Å². The lowest BCUT2D eigenvalue weighted by Crippen LogP contribution is -2.52.